The first-order valence-electron chi connectivity index (χ1n) is 4.23. The topological polar surface area (TPSA) is 41.1 Å². The highest BCUT2D eigenvalue weighted by Gasteiger charge is 2.02. The second-order valence-corrected chi connectivity index (χ2v) is 2.78. The molecule has 0 atom stereocenters. The Hall–Kier alpha value is -1.35. The van der Waals surface area contributed by atoms with Gasteiger partial charge < -0.3 is 10.6 Å². The van der Waals surface area contributed by atoms with Gasteiger partial charge in [0.1, 0.15) is 0 Å². The van der Waals surface area contributed by atoms with E-state index in [9.17, 15) is 4.79 Å². The van der Waals surface area contributed by atoms with Crippen molar-refractivity contribution in [2.75, 3.05) is 26.0 Å². The Morgan fingerprint density at radius 2 is 1.85 bits per heavy atom. The van der Waals surface area contributed by atoms with Gasteiger partial charge >= 0.3 is 0 Å². The van der Waals surface area contributed by atoms with Crippen molar-refractivity contribution >= 4 is 11.5 Å². The van der Waals surface area contributed by atoms with Gasteiger partial charge in [-0.15, -0.1) is 0 Å². The van der Waals surface area contributed by atoms with E-state index >= 15 is 0 Å². The van der Waals surface area contributed by atoms with E-state index in [1.807, 2.05) is 31.3 Å². The maximum absolute atomic E-state index is 11.4. The summed E-state index contributed by atoms with van der Waals surface area (Å²) in [7, 11) is 3.62. The molecule has 0 bridgehead atoms. The Kier molecular flexibility index (Phi) is 3.46. The van der Waals surface area contributed by atoms with Crippen molar-refractivity contribution in [2.45, 2.75) is 0 Å². The normalized spacial score (nSPS) is 9.69. The first-order chi connectivity index (χ1) is 6.27. The molecule has 1 aromatic carbocycles. The Morgan fingerprint density at radius 1 is 1.23 bits per heavy atom. The van der Waals surface area contributed by atoms with Gasteiger partial charge in [0.05, 0.1) is 6.54 Å². The second-order valence-electron chi connectivity index (χ2n) is 2.78. The number of benzene rings is 1. The number of rotatable bonds is 4. The summed E-state index contributed by atoms with van der Waals surface area (Å²) in [5.41, 5.74) is 1.76. The third-order valence-corrected chi connectivity index (χ3v) is 1.83. The molecule has 0 radical (unpaired) electrons. The molecule has 0 aliphatic carbocycles. The predicted octanol–water partition coefficient (Wildman–Crippen LogP) is 1.13. The van der Waals surface area contributed by atoms with Crippen LogP contribution in [0.1, 0.15) is 10.4 Å². The largest absolute Gasteiger partial charge is 0.388 e. The number of Topliss-reactive ketones (excluding diaryl/α,β-unsaturated/α-hetero) is 1. The van der Waals surface area contributed by atoms with E-state index < -0.39 is 0 Å². The summed E-state index contributed by atoms with van der Waals surface area (Å²) in [6, 6.07) is 7.43. The average molecular weight is 178 g/mol. The van der Waals surface area contributed by atoms with Crippen LogP contribution in [0.2, 0.25) is 0 Å². The fourth-order valence-electron chi connectivity index (χ4n) is 1.09. The Labute approximate surface area is 78.2 Å². The lowest BCUT2D eigenvalue weighted by atomic mass is 10.1. The highest BCUT2D eigenvalue weighted by Crippen LogP contribution is 2.08. The van der Waals surface area contributed by atoms with Gasteiger partial charge in [0.25, 0.3) is 0 Å². The number of hydrogen-bond donors (Lipinski definition) is 2. The number of ketones is 1. The molecule has 1 rings (SSSR count). The molecule has 2 N–H and O–H groups in total. The van der Waals surface area contributed by atoms with E-state index in [-0.39, 0.29) is 5.78 Å². The lowest BCUT2D eigenvalue weighted by molar-refractivity contribution is 0.0993. The fourth-order valence-corrected chi connectivity index (χ4v) is 1.09. The number of carbonyl (C=O) groups excluding carboxylic acids is 1. The molecular weight excluding hydrogens is 164 g/mol. The summed E-state index contributed by atoms with van der Waals surface area (Å²) in [5.74, 6) is 0.116. The molecule has 3 heteroatoms. The second kappa shape index (κ2) is 4.62. The Balaban J connectivity index is 2.74. The predicted molar refractivity (Wildman–Crippen MR) is 54.2 cm³/mol. The van der Waals surface area contributed by atoms with Gasteiger partial charge in [-0.1, -0.05) is 0 Å². The van der Waals surface area contributed by atoms with Crippen molar-refractivity contribution in [3.05, 3.63) is 29.8 Å². The minimum absolute atomic E-state index is 0.116. The number of hydrogen-bond acceptors (Lipinski definition) is 3. The van der Waals surface area contributed by atoms with Crippen LogP contribution >= 0.6 is 0 Å². The zero-order valence-electron chi connectivity index (χ0n) is 7.92. The van der Waals surface area contributed by atoms with Crippen LogP contribution in [0.3, 0.4) is 0 Å². The third kappa shape index (κ3) is 2.56. The van der Waals surface area contributed by atoms with Gasteiger partial charge in [-0.25, -0.2) is 0 Å². The quantitative estimate of drug-likeness (QED) is 0.679. The molecule has 3 nitrogen and oxygen atoms in total. The van der Waals surface area contributed by atoms with Crippen molar-refractivity contribution in [3.63, 3.8) is 0 Å². The minimum atomic E-state index is 0.116. The Bertz CT molecular complexity index is 279. The van der Waals surface area contributed by atoms with Crippen LogP contribution in [-0.2, 0) is 0 Å². The summed E-state index contributed by atoms with van der Waals surface area (Å²) in [6.45, 7) is 0.388. The van der Waals surface area contributed by atoms with Crippen molar-refractivity contribution in [3.8, 4) is 0 Å². The molecule has 0 aromatic heterocycles. The molecule has 0 fully saturated rings. The molecule has 0 saturated carbocycles. The Morgan fingerprint density at radius 3 is 2.31 bits per heavy atom. The highest BCUT2D eigenvalue weighted by molar-refractivity contribution is 5.97. The molecule has 0 unspecified atom stereocenters. The first-order valence-corrected chi connectivity index (χ1v) is 4.23. The smallest absolute Gasteiger partial charge is 0.176 e. The van der Waals surface area contributed by atoms with Crippen LogP contribution in [0.25, 0.3) is 0 Å². The van der Waals surface area contributed by atoms with Gasteiger partial charge in [-0.2, -0.15) is 0 Å². The van der Waals surface area contributed by atoms with Crippen LogP contribution in [0.5, 0.6) is 0 Å². The summed E-state index contributed by atoms with van der Waals surface area (Å²) in [5, 5.41) is 5.83. The van der Waals surface area contributed by atoms with E-state index in [2.05, 4.69) is 10.6 Å². The molecule has 0 spiro atoms. The van der Waals surface area contributed by atoms with Gasteiger partial charge in [0.2, 0.25) is 0 Å². The van der Waals surface area contributed by atoms with Crippen molar-refractivity contribution in [1.29, 1.82) is 0 Å². The van der Waals surface area contributed by atoms with E-state index in [1.54, 1.807) is 7.05 Å². The van der Waals surface area contributed by atoms with E-state index in [4.69, 9.17) is 0 Å². The average Bonchev–Trinajstić information content (AvgIpc) is 2.18. The summed E-state index contributed by atoms with van der Waals surface area (Å²) in [4.78, 5) is 11.4. The zero-order valence-corrected chi connectivity index (χ0v) is 7.92. The third-order valence-electron chi connectivity index (χ3n) is 1.83. The summed E-state index contributed by atoms with van der Waals surface area (Å²) in [6.07, 6.45) is 0. The van der Waals surface area contributed by atoms with Crippen LogP contribution in [0, 0.1) is 0 Å². The summed E-state index contributed by atoms with van der Waals surface area (Å²) < 4.78 is 0. The highest BCUT2D eigenvalue weighted by atomic mass is 16.1. The lowest BCUT2D eigenvalue weighted by Crippen LogP contribution is -2.18. The molecule has 13 heavy (non-hydrogen) atoms. The van der Waals surface area contributed by atoms with Crippen LogP contribution in [0.4, 0.5) is 5.69 Å². The molecule has 0 saturated heterocycles. The number of anilines is 1. The number of carbonyl (C=O) groups is 1. The monoisotopic (exact) mass is 178 g/mol. The number of likely N-dealkylation sites (N-methyl/N-ethyl adjacent to an activating group) is 1. The van der Waals surface area contributed by atoms with Crippen LogP contribution in [0.15, 0.2) is 24.3 Å². The van der Waals surface area contributed by atoms with Gasteiger partial charge in [0, 0.05) is 18.3 Å². The molecule has 0 aliphatic rings. The maximum Gasteiger partial charge on any atom is 0.176 e. The SMILES string of the molecule is CNCC(=O)c1ccc(NC)cc1. The van der Waals surface area contributed by atoms with Gasteiger partial charge in [0.15, 0.2) is 5.78 Å². The van der Waals surface area contributed by atoms with Crippen molar-refractivity contribution < 1.29 is 4.79 Å². The maximum atomic E-state index is 11.4. The van der Waals surface area contributed by atoms with Crippen LogP contribution < -0.4 is 10.6 Å². The lowest BCUT2D eigenvalue weighted by Gasteiger charge is -2.02. The van der Waals surface area contributed by atoms with E-state index in [1.165, 1.54) is 0 Å². The van der Waals surface area contributed by atoms with Gasteiger partial charge in [-0.3, -0.25) is 4.79 Å². The van der Waals surface area contributed by atoms with E-state index in [0.717, 1.165) is 11.3 Å². The van der Waals surface area contributed by atoms with Gasteiger partial charge in [-0.05, 0) is 31.3 Å². The summed E-state index contributed by atoms with van der Waals surface area (Å²) >= 11 is 0. The standard InChI is InChI=1S/C10H14N2O/c1-11-7-10(13)8-3-5-9(12-2)6-4-8/h3-6,11-12H,7H2,1-2H3. The number of nitrogens with one attached hydrogen (secondary N) is 2. The van der Waals surface area contributed by atoms with Crippen molar-refractivity contribution in [2.24, 2.45) is 0 Å². The molecular formula is C10H14N2O. The molecule has 0 aliphatic heterocycles. The van der Waals surface area contributed by atoms with Crippen LogP contribution in [-0.4, -0.2) is 26.4 Å². The molecule has 0 heterocycles. The molecule has 0 amide bonds. The van der Waals surface area contributed by atoms with Crippen molar-refractivity contribution in [1.82, 2.24) is 5.32 Å². The zero-order chi connectivity index (χ0) is 9.68. The molecule has 1 aromatic rings. The first kappa shape index (κ1) is 9.74. The molecule has 70 valence electrons. The van der Waals surface area contributed by atoms with E-state index in [0.29, 0.717) is 6.54 Å². The minimum Gasteiger partial charge on any atom is -0.388 e. The fraction of sp³-hybridized carbons (Fsp3) is 0.300.